The van der Waals surface area contributed by atoms with Crippen molar-refractivity contribution in [3.8, 4) is 11.5 Å². The van der Waals surface area contributed by atoms with Crippen LogP contribution in [-0.4, -0.2) is 46.8 Å². The maximum atomic E-state index is 12.7. The molecule has 0 radical (unpaired) electrons. The highest BCUT2D eigenvalue weighted by Gasteiger charge is 2.19. The van der Waals surface area contributed by atoms with E-state index in [0.717, 1.165) is 22.7 Å². The van der Waals surface area contributed by atoms with Crippen LogP contribution in [0.1, 0.15) is 20.7 Å². The molecule has 3 heterocycles. The number of amides is 1. The number of ketones is 1. The molecule has 0 spiro atoms. The fraction of sp³-hybridized carbons (Fsp3) is 0.120. The maximum absolute atomic E-state index is 12.7. The Morgan fingerprint density at radius 2 is 1.89 bits per heavy atom. The number of Topliss-reactive ketones (excluding diaryl/α,β-unsaturated/α-hetero) is 1. The molecular formula is C25H19N3O6S. The molecule has 0 bridgehead atoms. The Hall–Kier alpha value is -4.31. The van der Waals surface area contributed by atoms with E-state index in [-0.39, 0.29) is 29.8 Å². The zero-order chi connectivity index (χ0) is 24.2. The average Bonchev–Trinajstić information content (AvgIpc) is 3.53. The Bertz CT molecular complexity index is 1430. The van der Waals surface area contributed by atoms with Gasteiger partial charge in [0.05, 0.1) is 11.3 Å². The molecule has 2 N–H and O–H groups in total. The molecule has 1 amide bonds. The van der Waals surface area contributed by atoms with E-state index in [1.807, 2.05) is 24.3 Å². The van der Waals surface area contributed by atoms with Gasteiger partial charge in [-0.05, 0) is 30.3 Å². The molecule has 4 aromatic rings. The van der Waals surface area contributed by atoms with E-state index in [2.05, 4.69) is 15.3 Å². The molecule has 10 heteroatoms. The number of fused-ring (bicyclic) bond motifs is 2. The number of nitrogens with one attached hydrogen (secondary N) is 2. The number of carbonyl (C=O) groups is 3. The van der Waals surface area contributed by atoms with Crippen molar-refractivity contribution in [3.63, 3.8) is 0 Å². The average molecular weight is 490 g/mol. The molecule has 0 fully saturated rings. The summed E-state index contributed by atoms with van der Waals surface area (Å²) in [5.74, 6) is -0.0973. The van der Waals surface area contributed by atoms with Crippen LogP contribution in [0.25, 0.3) is 10.9 Å². The number of aromatic amines is 1. The van der Waals surface area contributed by atoms with E-state index in [0.29, 0.717) is 27.8 Å². The summed E-state index contributed by atoms with van der Waals surface area (Å²) in [6.07, 6.45) is 3.12. The number of esters is 1. The third-order valence-electron chi connectivity index (χ3n) is 5.21. The quantitative estimate of drug-likeness (QED) is 0.216. The molecule has 0 saturated heterocycles. The Balaban J connectivity index is 1.18. The first-order valence-corrected chi connectivity index (χ1v) is 11.6. The summed E-state index contributed by atoms with van der Waals surface area (Å²) in [6.45, 7) is -0.265. The fourth-order valence-electron chi connectivity index (χ4n) is 3.56. The summed E-state index contributed by atoms with van der Waals surface area (Å²) >= 11 is 1.09. The first-order valence-electron chi connectivity index (χ1n) is 10.6. The van der Waals surface area contributed by atoms with Gasteiger partial charge in [-0.3, -0.25) is 9.59 Å². The van der Waals surface area contributed by atoms with Gasteiger partial charge in [-0.2, -0.15) is 0 Å². The van der Waals surface area contributed by atoms with Gasteiger partial charge < -0.3 is 24.5 Å². The van der Waals surface area contributed by atoms with Crippen molar-refractivity contribution in [2.45, 2.75) is 5.03 Å². The molecule has 176 valence electrons. The molecule has 0 unspecified atom stereocenters. The number of pyridine rings is 1. The number of benzene rings is 2. The molecule has 0 saturated carbocycles. The Morgan fingerprint density at radius 1 is 1.03 bits per heavy atom. The molecule has 0 aliphatic carbocycles. The van der Waals surface area contributed by atoms with E-state index in [9.17, 15) is 14.4 Å². The van der Waals surface area contributed by atoms with Crippen LogP contribution in [-0.2, 0) is 9.53 Å². The molecule has 2 aromatic heterocycles. The van der Waals surface area contributed by atoms with E-state index >= 15 is 0 Å². The van der Waals surface area contributed by atoms with Crippen LogP contribution in [0.3, 0.4) is 0 Å². The summed E-state index contributed by atoms with van der Waals surface area (Å²) in [5.41, 5.74) is 2.03. The predicted molar refractivity (Wildman–Crippen MR) is 129 cm³/mol. The van der Waals surface area contributed by atoms with Crippen molar-refractivity contribution >= 4 is 46.0 Å². The van der Waals surface area contributed by atoms with Gasteiger partial charge in [0.1, 0.15) is 5.03 Å². The highest BCUT2D eigenvalue weighted by atomic mass is 32.2. The minimum atomic E-state index is -0.690. The second-order valence-electron chi connectivity index (χ2n) is 7.51. The Kier molecular flexibility index (Phi) is 6.36. The molecule has 2 aromatic carbocycles. The van der Waals surface area contributed by atoms with Gasteiger partial charge in [0.2, 0.25) is 18.5 Å². The first kappa shape index (κ1) is 22.5. The van der Waals surface area contributed by atoms with Crippen molar-refractivity contribution in [2.24, 2.45) is 0 Å². The lowest BCUT2D eigenvalue weighted by molar-refractivity contribution is -0.113. The van der Waals surface area contributed by atoms with Gasteiger partial charge in [-0.1, -0.05) is 30.0 Å². The van der Waals surface area contributed by atoms with Crippen molar-refractivity contribution < 1.29 is 28.6 Å². The van der Waals surface area contributed by atoms with Crippen molar-refractivity contribution in [3.05, 3.63) is 78.1 Å². The SMILES string of the molecule is O=C(CSc1ncccc1C(=O)OCC(=O)c1c[nH]c2ccccc12)Nc1ccc2c(c1)OCO2. The number of nitrogens with zero attached hydrogens (tertiary/aromatic N) is 1. The lowest BCUT2D eigenvalue weighted by Gasteiger charge is -2.09. The molecule has 1 aliphatic rings. The number of ether oxygens (including phenoxy) is 3. The molecular weight excluding hydrogens is 470 g/mol. The highest BCUT2D eigenvalue weighted by molar-refractivity contribution is 8.00. The summed E-state index contributed by atoms with van der Waals surface area (Å²) < 4.78 is 15.8. The first-order chi connectivity index (χ1) is 17.1. The molecule has 1 aliphatic heterocycles. The van der Waals surface area contributed by atoms with Crippen LogP contribution in [0.15, 0.2) is 72.0 Å². The van der Waals surface area contributed by atoms with Crippen LogP contribution in [0.2, 0.25) is 0 Å². The monoisotopic (exact) mass is 489 g/mol. The predicted octanol–water partition coefficient (Wildman–Crippen LogP) is 4.06. The Labute approximate surface area is 203 Å². The molecule has 0 atom stereocenters. The topological polar surface area (TPSA) is 120 Å². The highest BCUT2D eigenvalue weighted by Crippen LogP contribution is 2.34. The standard InChI is InChI=1S/C25H19N3O6S/c29-20(18-11-27-19-6-2-1-4-16(18)19)12-32-25(31)17-5-3-9-26-24(17)35-13-23(30)28-15-7-8-21-22(10-15)34-14-33-21/h1-11,27H,12-14H2,(H,28,30). The zero-order valence-electron chi connectivity index (χ0n) is 18.3. The third kappa shape index (κ3) is 4.97. The van der Waals surface area contributed by atoms with Gasteiger partial charge in [-0.25, -0.2) is 9.78 Å². The van der Waals surface area contributed by atoms with Gasteiger partial charge in [0.25, 0.3) is 0 Å². The van der Waals surface area contributed by atoms with Gasteiger partial charge in [-0.15, -0.1) is 0 Å². The number of para-hydroxylation sites is 1. The Morgan fingerprint density at radius 3 is 2.80 bits per heavy atom. The van der Waals surface area contributed by atoms with E-state index in [1.165, 1.54) is 6.20 Å². The third-order valence-corrected chi connectivity index (χ3v) is 6.22. The van der Waals surface area contributed by atoms with E-state index in [1.54, 1.807) is 36.5 Å². The maximum Gasteiger partial charge on any atom is 0.341 e. The van der Waals surface area contributed by atoms with Gasteiger partial charge in [0, 0.05) is 40.6 Å². The smallest absolute Gasteiger partial charge is 0.341 e. The van der Waals surface area contributed by atoms with Crippen molar-refractivity contribution in [2.75, 3.05) is 24.5 Å². The van der Waals surface area contributed by atoms with Crippen molar-refractivity contribution in [1.82, 2.24) is 9.97 Å². The number of thioether (sulfide) groups is 1. The number of H-pyrrole nitrogens is 1. The van der Waals surface area contributed by atoms with Crippen LogP contribution >= 0.6 is 11.8 Å². The van der Waals surface area contributed by atoms with Gasteiger partial charge >= 0.3 is 5.97 Å². The number of aromatic nitrogens is 2. The van der Waals surface area contributed by atoms with Crippen LogP contribution < -0.4 is 14.8 Å². The number of carbonyl (C=O) groups excluding carboxylic acids is 3. The van der Waals surface area contributed by atoms with Crippen molar-refractivity contribution in [1.29, 1.82) is 0 Å². The molecule has 35 heavy (non-hydrogen) atoms. The fourth-order valence-corrected chi connectivity index (χ4v) is 4.34. The lowest BCUT2D eigenvalue weighted by atomic mass is 10.1. The summed E-state index contributed by atoms with van der Waals surface area (Å²) in [5, 5.41) is 3.87. The minimum Gasteiger partial charge on any atom is -0.454 e. The molecule has 9 nitrogen and oxygen atoms in total. The second-order valence-corrected chi connectivity index (χ2v) is 8.47. The van der Waals surface area contributed by atoms with E-state index < -0.39 is 12.6 Å². The summed E-state index contributed by atoms with van der Waals surface area (Å²) in [4.78, 5) is 45.0. The second kappa shape index (κ2) is 9.90. The summed E-state index contributed by atoms with van der Waals surface area (Å²) in [7, 11) is 0. The minimum absolute atomic E-state index is 0.0139. The number of hydrogen-bond donors (Lipinski definition) is 2. The largest absolute Gasteiger partial charge is 0.454 e. The van der Waals surface area contributed by atoms with Crippen LogP contribution in [0.4, 0.5) is 5.69 Å². The van der Waals surface area contributed by atoms with E-state index in [4.69, 9.17) is 14.2 Å². The van der Waals surface area contributed by atoms with Crippen LogP contribution in [0.5, 0.6) is 11.5 Å². The summed E-state index contributed by atoms with van der Waals surface area (Å²) in [6, 6.07) is 15.6. The normalized spacial score (nSPS) is 11.9. The number of anilines is 1. The van der Waals surface area contributed by atoms with Crippen LogP contribution in [0, 0.1) is 0 Å². The lowest BCUT2D eigenvalue weighted by Crippen LogP contribution is -2.16. The molecule has 5 rings (SSSR count). The van der Waals surface area contributed by atoms with Gasteiger partial charge in [0.15, 0.2) is 18.1 Å². The number of hydrogen-bond acceptors (Lipinski definition) is 8. The zero-order valence-corrected chi connectivity index (χ0v) is 19.1. The number of rotatable bonds is 8.